The molecule has 0 saturated heterocycles. The Bertz CT molecular complexity index is 891. The van der Waals surface area contributed by atoms with Gasteiger partial charge in [0.05, 0.1) is 11.2 Å². The van der Waals surface area contributed by atoms with E-state index in [1.165, 1.54) is 12.3 Å². The summed E-state index contributed by atoms with van der Waals surface area (Å²) >= 11 is 12.0. The third-order valence-electron chi connectivity index (χ3n) is 4.00. The molecule has 160 valence electrons. The Hall–Kier alpha value is -2.64. The molecule has 0 spiro atoms. The first-order valence-electron chi connectivity index (χ1n) is 9.41. The van der Waals surface area contributed by atoms with Crippen LogP contribution in [-0.4, -0.2) is 35.2 Å². The predicted molar refractivity (Wildman–Crippen MR) is 118 cm³/mol. The molecule has 0 radical (unpaired) electrons. The average molecular weight is 451 g/mol. The van der Waals surface area contributed by atoms with Gasteiger partial charge in [0.2, 0.25) is 0 Å². The van der Waals surface area contributed by atoms with Crippen molar-refractivity contribution in [1.82, 2.24) is 15.7 Å². The van der Waals surface area contributed by atoms with Crippen LogP contribution in [0.5, 0.6) is 5.75 Å². The Labute approximate surface area is 185 Å². The molecule has 2 amide bonds. The van der Waals surface area contributed by atoms with Gasteiger partial charge >= 0.3 is 0 Å². The molecule has 1 aromatic carbocycles. The zero-order valence-corrected chi connectivity index (χ0v) is 18.4. The van der Waals surface area contributed by atoms with Gasteiger partial charge in [-0.05, 0) is 55.2 Å². The third kappa shape index (κ3) is 7.65. The van der Waals surface area contributed by atoms with Gasteiger partial charge < -0.3 is 10.1 Å². The Morgan fingerprint density at radius 3 is 2.47 bits per heavy atom. The van der Waals surface area contributed by atoms with E-state index in [0.29, 0.717) is 22.2 Å². The number of aromatic nitrogens is 1. The highest BCUT2D eigenvalue weighted by Crippen LogP contribution is 2.28. The standard InChI is InChI=1S/C21H24Cl2N4O3/c1-13(2)10-18(21(29)27-25-12-15-6-8-24-9-7-15)26-20(28)14(3)30-19-5-4-16(22)11-17(19)23/h4-9,11-14,18H,10H2,1-3H3,(H,26,28)(H,27,29)/b25-12-/t14-,18+/m0/s1. The van der Waals surface area contributed by atoms with Crippen LogP contribution < -0.4 is 15.5 Å². The monoisotopic (exact) mass is 450 g/mol. The van der Waals surface area contributed by atoms with E-state index in [1.54, 1.807) is 43.6 Å². The number of nitrogens with zero attached hydrogens (tertiary/aromatic N) is 2. The third-order valence-corrected chi connectivity index (χ3v) is 4.53. The first-order chi connectivity index (χ1) is 14.3. The van der Waals surface area contributed by atoms with Crippen LogP contribution in [0.4, 0.5) is 0 Å². The zero-order valence-electron chi connectivity index (χ0n) is 16.9. The number of amides is 2. The van der Waals surface area contributed by atoms with Gasteiger partial charge in [0, 0.05) is 17.4 Å². The van der Waals surface area contributed by atoms with E-state index in [9.17, 15) is 9.59 Å². The molecule has 2 aromatic rings. The maximum atomic E-state index is 12.6. The number of carbonyl (C=O) groups is 2. The molecule has 2 N–H and O–H groups in total. The highest BCUT2D eigenvalue weighted by atomic mass is 35.5. The minimum absolute atomic E-state index is 0.173. The van der Waals surface area contributed by atoms with Crippen molar-refractivity contribution in [2.75, 3.05) is 0 Å². The second kappa shape index (κ2) is 11.5. The van der Waals surface area contributed by atoms with Crippen molar-refractivity contribution in [3.8, 4) is 5.75 Å². The van der Waals surface area contributed by atoms with Crippen LogP contribution in [0.2, 0.25) is 10.0 Å². The molecule has 1 heterocycles. The Kier molecular flexibility index (Phi) is 9.08. The summed E-state index contributed by atoms with van der Waals surface area (Å²) in [5.41, 5.74) is 3.25. The molecular weight excluding hydrogens is 427 g/mol. The van der Waals surface area contributed by atoms with Gasteiger partial charge in [0.1, 0.15) is 11.8 Å². The van der Waals surface area contributed by atoms with Crippen LogP contribution in [0.15, 0.2) is 47.8 Å². The summed E-state index contributed by atoms with van der Waals surface area (Å²) in [5.74, 6) is -0.360. The maximum absolute atomic E-state index is 12.6. The van der Waals surface area contributed by atoms with Crippen LogP contribution >= 0.6 is 23.2 Å². The molecule has 2 rings (SSSR count). The highest BCUT2D eigenvalue weighted by molar-refractivity contribution is 6.35. The van der Waals surface area contributed by atoms with Gasteiger partial charge in [-0.15, -0.1) is 0 Å². The van der Waals surface area contributed by atoms with Crippen LogP contribution in [0.25, 0.3) is 0 Å². The lowest BCUT2D eigenvalue weighted by Gasteiger charge is -2.22. The molecule has 30 heavy (non-hydrogen) atoms. The summed E-state index contributed by atoms with van der Waals surface area (Å²) in [7, 11) is 0. The van der Waals surface area contributed by atoms with E-state index in [2.05, 4.69) is 20.8 Å². The van der Waals surface area contributed by atoms with Crippen molar-refractivity contribution < 1.29 is 14.3 Å². The summed E-state index contributed by atoms with van der Waals surface area (Å²) in [6, 6.07) is 7.47. The highest BCUT2D eigenvalue weighted by Gasteiger charge is 2.25. The van der Waals surface area contributed by atoms with Gasteiger partial charge in [-0.3, -0.25) is 14.6 Å². The number of rotatable bonds is 9. The summed E-state index contributed by atoms with van der Waals surface area (Å²) in [4.78, 5) is 29.1. The number of nitrogens with one attached hydrogen (secondary N) is 2. The lowest BCUT2D eigenvalue weighted by atomic mass is 10.0. The maximum Gasteiger partial charge on any atom is 0.262 e. The van der Waals surface area contributed by atoms with Crippen LogP contribution in [-0.2, 0) is 9.59 Å². The number of halogens is 2. The molecule has 0 aliphatic rings. The average Bonchev–Trinajstić information content (AvgIpc) is 2.69. The second-order valence-electron chi connectivity index (χ2n) is 7.04. The topological polar surface area (TPSA) is 92.7 Å². The summed E-state index contributed by atoms with van der Waals surface area (Å²) in [6.07, 6.45) is 4.32. The normalized spacial score (nSPS) is 13.1. The molecule has 0 fully saturated rings. The number of benzene rings is 1. The lowest BCUT2D eigenvalue weighted by molar-refractivity contribution is -0.132. The minimum atomic E-state index is -0.869. The Morgan fingerprint density at radius 1 is 1.13 bits per heavy atom. The molecule has 1 aromatic heterocycles. The summed E-state index contributed by atoms with van der Waals surface area (Å²) in [6.45, 7) is 5.49. The first kappa shape index (κ1) is 23.6. The van der Waals surface area contributed by atoms with Crippen molar-refractivity contribution in [3.63, 3.8) is 0 Å². The molecule has 0 bridgehead atoms. The minimum Gasteiger partial charge on any atom is -0.479 e. The van der Waals surface area contributed by atoms with Gasteiger partial charge in [-0.1, -0.05) is 37.0 Å². The van der Waals surface area contributed by atoms with E-state index < -0.39 is 24.0 Å². The number of hydrazone groups is 1. The number of hydrogen-bond acceptors (Lipinski definition) is 5. The Morgan fingerprint density at radius 2 is 1.83 bits per heavy atom. The zero-order chi connectivity index (χ0) is 22.1. The van der Waals surface area contributed by atoms with E-state index in [-0.39, 0.29) is 5.92 Å². The Balaban J connectivity index is 1.98. The van der Waals surface area contributed by atoms with E-state index in [0.717, 1.165) is 5.56 Å². The van der Waals surface area contributed by atoms with Crippen molar-refractivity contribution in [2.24, 2.45) is 11.0 Å². The van der Waals surface area contributed by atoms with Crippen LogP contribution in [0.3, 0.4) is 0 Å². The number of hydrogen-bond donors (Lipinski definition) is 2. The van der Waals surface area contributed by atoms with Crippen LogP contribution in [0.1, 0.15) is 32.8 Å². The fourth-order valence-electron chi connectivity index (χ4n) is 2.50. The fourth-order valence-corrected chi connectivity index (χ4v) is 2.96. The molecule has 0 aliphatic carbocycles. The molecule has 0 saturated carbocycles. The SMILES string of the molecule is CC(C)C[C@@H](NC(=O)[C@H](C)Oc1ccc(Cl)cc1Cl)C(=O)N/N=C\c1ccncc1. The van der Waals surface area contributed by atoms with Crippen molar-refractivity contribution in [1.29, 1.82) is 0 Å². The van der Waals surface area contributed by atoms with Crippen LogP contribution in [0, 0.1) is 5.92 Å². The number of pyridine rings is 1. The fraction of sp³-hybridized carbons (Fsp3) is 0.333. The van der Waals surface area contributed by atoms with E-state index in [1.807, 2.05) is 13.8 Å². The van der Waals surface area contributed by atoms with Crippen molar-refractivity contribution in [3.05, 3.63) is 58.3 Å². The number of ether oxygens (including phenoxy) is 1. The molecular formula is C21H24Cl2N4O3. The van der Waals surface area contributed by atoms with Gasteiger partial charge in [-0.25, -0.2) is 5.43 Å². The smallest absolute Gasteiger partial charge is 0.262 e. The quantitative estimate of drug-likeness (QED) is 0.448. The van der Waals surface area contributed by atoms with Crippen molar-refractivity contribution in [2.45, 2.75) is 39.3 Å². The number of carbonyl (C=O) groups excluding carboxylic acids is 2. The predicted octanol–water partition coefficient (Wildman–Crippen LogP) is 3.84. The lowest BCUT2D eigenvalue weighted by Crippen LogP contribution is -2.49. The molecule has 9 heteroatoms. The summed E-state index contributed by atoms with van der Waals surface area (Å²) in [5, 5.41) is 7.42. The van der Waals surface area contributed by atoms with Gasteiger partial charge in [-0.2, -0.15) is 5.10 Å². The van der Waals surface area contributed by atoms with Gasteiger partial charge in [0.25, 0.3) is 11.8 Å². The van der Waals surface area contributed by atoms with Gasteiger partial charge in [0.15, 0.2) is 6.10 Å². The molecule has 2 atom stereocenters. The van der Waals surface area contributed by atoms with E-state index in [4.69, 9.17) is 27.9 Å². The molecule has 7 nitrogen and oxygen atoms in total. The van der Waals surface area contributed by atoms with E-state index >= 15 is 0 Å². The molecule has 0 aliphatic heterocycles. The second-order valence-corrected chi connectivity index (χ2v) is 7.88. The summed E-state index contributed by atoms with van der Waals surface area (Å²) < 4.78 is 5.62. The largest absolute Gasteiger partial charge is 0.479 e. The van der Waals surface area contributed by atoms with Crippen molar-refractivity contribution >= 4 is 41.2 Å². The molecule has 0 unspecified atom stereocenters. The first-order valence-corrected chi connectivity index (χ1v) is 10.2.